The van der Waals surface area contributed by atoms with E-state index in [4.69, 9.17) is 5.73 Å². The van der Waals surface area contributed by atoms with Crippen LogP contribution < -0.4 is 11.1 Å². The molecule has 1 aromatic heterocycles. The SMILES string of the molecule is CCC(C)NC(=O)CCn1ccc2c1CCCC2N. The van der Waals surface area contributed by atoms with Gasteiger partial charge in [-0.25, -0.2) is 0 Å². The molecule has 0 fully saturated rings. The molecule has 0 aliphatic heterocycles. The molecule has 1 heterocycles. The minimum atomic E-state index is 0.136. The molecule has 106 valence electrons. The zero-order chi connectivity index (χ0) is 13.8. The molecular weight excluding hydrogens is 238 g/mol. The van der Waals surface area contributed by atoms with E-state index in [1.165, 1.54) is 11.3 Å². The molecule has 4 nitrogen and oxygen atoms in total. The van der Waals surface area contributed by atoms with Crippen molar-refractivity contribution in [1.82, 2.24) is 9.88 Å². The number of rotatable bonds is 5. The number of aryl methyl sites for hydroxylation is 1. The number of nitrogens with zero attached hydrogens (tertiary/aromatic N) is 1. The van der Waals surface area contributed by atoms with Crippen LogP contribution in [0.3, 0.4) is 0 Å². The summed E-state index contributed by atoms with van der Waals surface area (Å²) in [4.78, 5) is 11.8. The van der Waals surface area contributed by atoms with Crippen molar-refractivity contribution >= 4 is 5.91 Å². The van der Waals surface area contributed by atoms with Crippen molar-refractivity contribution in [2.45, 2.75) is 64.6 Å². The van der Waals surface area contributed by atoms with E-state index in [2.05, 4.69) is 29.1 Å². The molecular formula is C15H25N3O. The molecule has 0 saturated carbocycles. The van der Waals surface area contributed by atoms with E-state index in [1.807, 2.05) is 6.92 Å². The summed E-state index contributed by atoms with van der Waals surface area (Å²) in [6.45, 7) is 4.87. The van der Waals surface area contributed by atoms with Crippen LogP contribution in [0.1, 0.15) is 56.8 Å². The Morgan fingerprint density at radius 1 is 1.63 bits per heavy atom. The average Bonchev–Trinajstić information content (AvgIpc) is 2.81. The lowest BCUT2D eigenvalue weighted by Gasteiger charge is -2.21. The maximum absolute atomic E-state index is 11.8. The zero-order valence-corrected chi connectivity index (χ0v) is 12.0. The lowest BCUT2D eigenvalue weighted by molar-refractivity contribution is -0.121. The number of fused-ring (bicyclic) bond motifs is 1. The van der Waals surface area contributed by atoms with Gasteiger partial charge in [-0.15, -0.1) is 0 Å². The highest BCUT2D eigenvalue weighted by atomic mass is 16.1. The molecule has 0 aromatic carbocycles. The van der Waals surface area contributed by atoms with Crippen LogP contribution in [0.25, 0.3) is 0 Å². The Kier molecular flexibility index (Phi) is 4.64. The quantitative estimate of drug-likeness (QED) is 0.855. The van der Waals surface area contributed by atoms with Gasteiger partial charge in [-0.2, -0.15) is 0 Å². The summed E-state index contributed by atoms with van der Waals surface area (Å²) in [5, 5.41) is 3.00. The summed E-state index contributed by atoms with van der Waals surface area (Å²) in [6, 6.07) is 2.56. The first-order valence-electron chi connectivity index (χ1n) is 7.34. The second kappa shape index (κ2) is 6.24. The number of hydrogen-bond donors (Lipinski definition) is 2. The van der Waals surface area contributed by atoms with Gasteiger partial charge in [0.15, 0.2) is 0 Å². The molecule has 2 atom stereocenters. The first kappa shape index (κ1) is 14.1. The third-order valence-corrected chi connectivity index (χ3v) is 4.04. The highest BCUT2D eigenvalue weighted by Gasteiger charge is 2.20. The maximum atomic E-state index is 11.8. The normalized spacial score (nSPS) is 19.8. The summed E-state index contributed by atoms with van der Waals surface area (Å²) in [7, 11) is 0. The molecule has 1 amide bonds. The molecule has 1 aliphatic carbocycles. The Hall–Kier alpha value is -1.29. The van der Waals surface area contributed by atoms with E-state index in [-0.39, 0.29) is 18.0 Å². The van der Waals surface area contributed by atoms with Crippen LogP contribution >= 0.6 is 0 Å². The Morgan fingerprint density at radius 2 is 2.42 bits per heavy atom. The second-order valence-corrected chi connectivity index (χ2v) is 5.54. The van der Waals surface area contributed by atoms with Crippen LogP contribution in [0, 0.1) is 0 Å². The van der Waals surface area contributed by atoms with Crippen LogP contribution in [-0.4, -0.2) is 16.5 Å². The molecule has 0 saturated heterocycles. The van der Waals surface area contributed by atoms with Gasteiger partial charge in [0.1, 0.15) is 0 Å². The molecule has 19 heavy (non-hydrogen) atoms. The van der Waals surface area contributed by atoms with Crippen molar-refractivity contribution in [3.8, 4) is 0 Å². The third kappa shape index (κ3) is 3.38. The number of nitrogens with one attached hydrogen (secondary N) is 1. The summed E-state index contributed by atoms with van der Waals surface area (Å²) >= 11 is 0. The van der Waals surface area contributed by atoms with E-state index >= 15 is 0 Å². The van der Waals surface area contributed by atoms with Crippen molar-refractivity contribution in [3.05, 3.63) is 23.5 Å². The number of carbonyl (C=O) groups is 1. The molecule has 1 aliphatic rings. The summed E-state index contributed by atoms with van der Waals surface area (Å²) in [5.41, 5.74) is 8.71. The maximum Gasteiger partial charge on any atom is 0.221 e. The van der Waals surface area contributed by atoms with Crippen molar-refractivity contribution in [2.75, 3.05) is 0 Å². The number of amides is 1. The van der Waals surface area contributed by atoms with E-state index < -0.39 is 0 Å². The number of aromatic nitrogens is 1. The fraction of sp³-hybridized carbons (Fsp3) is 0.667. The third-order valence-electron chi connectivity index (χ3n) is 4.04. The van der Waals surface area contributed by atoms with Crippen LogP contribution in [-0.2, 0) is 17.8 Å². The molecule has 2 unspecified atom stereocenters. The van der Waals surface area contributed by atoms with Crippen molar-refractivity contribution < 1.29 is 4.79 Å². The van der Waals surface area contributed by atoms with E-state index in [0.29, 0.717) is 6.42 Å². The van der Waals surface area contributed by atoms with Crippen LogP contribution in [0.15, 0.2) is 12.3 Å². The Labute approximate surface area is 115 Å². The number of nitrogens with two attached hydrogens (primary N) is 1. The standard InChI is InChI=1S/C15H25N3O/c1-3-11(2)17-15(19)8-10-18-9-7-12-13(16)5-4-6-14(12)18/h7,9,11,13H,3-6,8,10,16H2,1-2H3,(H,17,19). The van der Waals surface area contributed by atoms with Crippen LogP contribution in [0.2, 0.25) is 0 Å². The Bertz CT molecular complexity index is 439. The van der Waals surface area contributed by atoms with Gasteiger partial charge >= 0.3 is 0 Å². The van der Waals surface area contributed by atoms with E-state index in [9.17, 15) is 4.79 Å². The van der Waals surface area contributed by atoms with Gasteiger partial charge in [0.25, 0.3) is 0 Å². The molecule has 0 spiro atoms. The predicted molar refractivity (Wildman–Crippen MR) is 76.8 cm³/mol. The van der Waals surface area contributed by atoms with Crippen LogP contribution in [0.5, 0.6) is 0 Å². The molecule has 3 N–H and O–H groups in total. The first-order chi connectivity index (χ1) is 9.11. The number of carbonyl (C=O) groups excluding carboxylic acids is 1. The summed E-state index contributed by atoms with van der Waals surface area (Å²) in [5.74, 6) is 0.136. The monoisotopic (exact) mass is 263 g/mol. The largest absolute Gasteiger partial charge is 0.354 e. The first-order valence-corrected chi connectivity index (χ1v) is 7.34. The van der Waals surface area contributed by atoms with Crippen molar-refractivity contribution in [2.24, 2.45) is 5.73 Å². The van der Waals surface area contributed by atoms with Gasteiger partial charge in [-0.1, -0.05) is 6.92 Å². The second-order valence-electron chi connectivity index (χ2n) is 5.54. The van der Waals surface area contributed by atoms with Gasteiger partial charge in [0.05, 0.1) is 0 Å². The highest BCUT2D eigenvalue weighted by Crippen LogP contribution is 2.28. The highest BCUT2D eigenvalue weighted by molar-refractivity contribution is 5.76. The van der Waals surface area contributed by atoms with Crippen molar-refractivity contribution in [1.29, 1.82) is 0 Å². The summed E-state index contributed by atoms with van der Waals surface area (Å²) in [6.07, 6.45) is 6.90. The van der Waals surface area contributed by atoms with Gasteiger partial charge in [-0.3, -0.25) is 4.79 Å². The molecule has 4 heteroatoms. The molecule has 0 radical (unpaired) electrons. The average molecular weight is 263 g/mol. The summed E-state index contributed by atoms with van der Waals surface area (Å²) < 4.78 is 2.20. The molecule has 2 rings (SSSR count). The molecule has 1 aromatic rings. The van der Waals surface area contributed by atoms with Gasteiger partial charge in [0.2, 0.25) is 5.91 Å². The topological polar surface area (TPSA) is 60.0 Å². The smallest absolute Gasteiger partial charge is 0.221 e. The Balaban J connectivity index is 1.92. The fourth-order valence-corrected chi connectivity index (χ4v) is 2.67. The van der Waals surface area contributed by atoms with Gasteiger partial charge in [-0.05, 0) is 44.2 Å². The van der Waals surface area contributed by atoms with Gasteiger partial charge in [0, 0.05) is 36.9 Å². The fourth-order valence-electron chi connectivity index (χ4n) is 2.67. The minimum absolute atomic E-state index is 0.136. The van der Waals surface area contributed by atoms with E-state index in [0.717, 1.165) is 32.2 Å². The number of hydrogen-bond acceptors (Lipinski definition) is 2. The molecule has 0 bridgehead atoms. The minimum Gasteiger partial charge on any atom is -0.354 e. The Morgan fingerprint density at radius 3 is 3.16 bits per heavy atom. The lowest BCUT2D eigenvalue weighted by atomic mass is 9.94. The van der Waals surface area contributed by atoms with E-state index in [1.54, 1.807) is 0 Å². The van der Waals surface area contributed by atoms with Crippen molar-refractivity contribution in [3.63, 3.8) is 0 Å². The van der Waals surface area contributed by atoms with Gasteiger partial charge < -0.3 is 15.6 Å². The van der Waals surface area contributed by atoms with Crippen LogP contribution in [0.4, 0.5) is 0 Å². The predicted octanol–water partition coefficient (Wildman–Crippen LogP) is 2.13. The lowest BCUT2D eigenvalue weighted by Crippen LogP contribution is -2.32. The zero-order valence-electron chi connectivity index (χ0n) is 12.0.